The van der Waals surface area contributed by atoms with Crippen molar-refractivity contribution in [2.45, 2.75) is 57.9 Å². The van der Waals surface area contributed by atoms with E-state index in [1.807, 2.05) is 37.3 Å². The molecule has 1 fully saturated rings. The first kappa shape index (κ1) is 25.6. The number of nitrogens with zero attached hydrogens (tertiary/aromatic N) is 2. The van der Waals surface area contributed by atoms with Gasteiger partial charge in [0, 0.05) is 43.5 Å². The van der Waals surface area contributed by atoms with Crippen LogP contribution in [-0.4, -0.2) is 52.7 Å². The Bertz CT molecular complexity index is 1240. The van der Waals surface area contributed by atoms with Crippen molar-refractivity contribution in [1.82, 2.24) is 15.2 Å². The Labute approximate surface area is 222 Å². The van der Waals surface area contributed by atoms with Crippen LogP contribution in [0.4, 0.5) is 5.69 Å². The molecule has 3 N–H and O–H groups in total. The minimum absolute atomic E-state index is 0.180. The van der Waals surface area contributed by atoms with Gasteiger partial charge in [-0.25, -0.2) is 4.98 Å². The molecular formula is C28H33ClN4O4. The summed E-state index contributed by atoms with van der Waals surface area (Å²) in [5.41, 5.74) is 4.54. The highest BCUT2D eigenvalue weighted by atomic mass is 35.5. The molecule has 1 atom stereocenters. The van der Waals surface area contributed by atoms with Gasteiger partial charge in [-0.3, -0.25) is 9.69 Å². The van der Waals surface area contributed by atoms with Crippen LogP contribution in [0.3, 0.4) is 0 Å². The first-order chi connectivity index (χ1) is 18.0. The highest BCUT2D eigenvalue weighted by Crippen LogP contribution is 2.34. The lowest BCUT2D eigenvalue weighted by molar-refractivity contribution is 0.0841. The van der Waals surface area contributed by atoms with E-state index in [1.54, 1.807) is 6.07 Å². The summed E-state index contributed by atoms with van der Waals surface area (Å²) < 4.78 is 11.2. The molecule has 1 aliphatic heterocycles. The van der Waals surface area contributed by atoms with E-state index in [0.29, 0.717) is 41.2 Å². The minimum Gasteiger partial charge on any atom is -0.484 e. The number of β-amino-alcohol motifs (C(OH)–C–C–N with tert-alkyl or cyclic N) is 1. The van der Waals surface area contributed by atoms with E-state index in [0.717, 1.165) is 35.5 Å². The number of oxazole rings is 1. The van der Waals surface area contributed by atoms with Crippen molar-refractivity contribution < 1.29 is 19.1 Å². The molecule has 5 rings (SSSR count). The van der Waals surface area contributed by atoms with Gasteiger partial charge in [0.1, 0.15) is 12.4 Å². The molecule has 2 aromatic carbocycles. The summed E-state index contributed by atoms with van der Waals surface area (Å²) in [5, 5.41) is 17.6. The van der Waals surface area contributed by atoms with Gasteiger partial charge >= 0.3 is 0 Å². The predicted octanol–water partition coefficient (Wildman–Crippen LogP) is 4.33. The summed E-state index contributed by atoms with van der Waals surface area (Å²) >= 11 is 6.66. The monoisotopic (exact) mass is 524 g/mol. The third kappa shape index (κ3) is 6.26. The summed E-state index contributed by atoms with van der Waals surface area (Å²) in [7, 11) is 0. The second kappa shape index (κ2) is 11.5. The summed E-state index contributed by atoms with van der Waals surface area (Å²) in [5.74, 6) is 1.12. The van der Waals surface area contributed by atoms with Crippen LogP contribution in [0.2, 0.25) is 5.02 Å². The molecule has 0 bridgehead atoms. The van der Waals surface area contributed by atoms with Crippen molar-refractivity contribution in [1.29, 1.82) is 0 Å². The SMILES string of the molecule is Cc1ncoc1COc1ccc2c(c1Cl)CCN(CC(O)CNC(=O)c1cccc(NC3CCC3)c1)C2. The predicted molar refractivity (Wildman–Crippen MR) is 142 cm³/mol. The highest BCUT2D eigenvalue weighted by Gasteiger charge is 2.23. The molecule has 196 valence electrons. The Morgan fingerprint density at radius 2 is 2.19 bits per heavy atom. The Morgan fingerprint density at radius 3 is 2.95 bits per heavy atom. The second-order valence-electron chi connectivity index (χ2n) is 9.87. The van der Waals surface area contributed by atoms with Crippen LogP contribution in [0.5, 0.6) is 5.75 Å². The lowest BCUT2D eigenvalue weighted by Crippen LogP contribution is -2.42. The van der Waals surface area contributed by atoms with Gasteiger partial charge in [0.25, 0.3) is 5.91 Å². The quantitative estimate of drug-likeness (QED) is 0.363. The van der Waals surface area contributed by atoms with Gasteiger partial charge in [-0.15, -0.1) is 0 Å². The molecule has 1 saturated carbocycles. The van der Waals surface area contributed by atoms with Crippen molar-refractivity contribution in [3.63, 3.8) is 0 Å². The molecule has 3 aromatic rings. The average molecular weight is 525 g/mol. The molecule has 1 unspecified atom stereocenters. The Morgan fingerprint density at radius 1 is 1.32 bits per heavy atom. The number of anilines is 1. The number of aliphatic hydroxyl groups is 1. The molecule has 9 heteroatoms. The fourth-order valence-electron chi connectivity index (χ4n) is 4.74. The van der Waals surface area contributed by atoms with Crippen molar-refractivity contribution in [2.24, 2.45) is 0 Å². The van der Waals surface area contributed by atoms with Gasteiger partial charge < -0.3 is 24.9 Å². The van der Waals surface area contributed by atoms with Crippen molar-refractivity contribution in [3.05, 3.63) is 76.0 Å². The minimum atomic E-state index is -0.676. The number of aromatic nitrogens is 1. The Balaban J connectivity index is 1.10. The third-order valence-corrected chi connectivity index (χ3v) is 7.56. The zero-order valence-corrected chi connectivity index (χ0v) is 21.8. The average Bonchev–Trinajstić information content (AvgIpc) is 3.29. The van der Waals surface area contributed by atoms with Crippen molar-refractivity contribution >= 4 is 23.2 Å². The maximum Gasteiger partial charge on any atom is 0.251 e. The smallest absolute Gasteiger partial charge is 0.251 e. The molecule has 1 amide bonds. The van der Waals surface area contributed by atoms with E-state index in [-0.39, 0.29) is 19.1 Å². The lowest BCUT2D eigenvalue weighted by atomic mass is 9.93. The van der Waals surface area contributed by atoms with Gasteiger partial charge in [0.05, 0.1) is 16.8 Å². The summed E-state index contributed by atoms with van der Waals surface area (Å²) in [6.45, 7) is 4.24. The summed E-state index contributed by atoms with van der Waals surface area (Å²) in [6.07, 6.45) is 5.09. The summed E-state index contributed by atoms with van der Waals surface area (Å²) in [6, 6.07) is 11.9. The number of hydrogen-bond donors (Lipinski definition) is 3. The third-order valence-electron chi connectivity index (χ3n) is 7.15. The first-order valence-electron chi connectivity index (χ1n) is 12.8. The topological polar surface area (TPSA) is 99.9 Å². The van der Waals surface area contributed by atoms with Crippen LogP contribution in [0.25, 0.3) is 0 Å². The van der Waals surface area contributed by atoms with Crippen LogP contribution in [0.15, 0.2) is 47.2 Å². The molecular weight excluding hydrogens is 492 g/mol. The number of nitrogens with one attached hydrogen (secondary N) is 2. The molecule has 8 nitrogen and oxygen atoms in total. The number of amides is 1. The van der Waals surface area contributed by atoms with Gasteiger partial charge in [0.15, 0.2) is 12.2 Å². The Kier molecular flexibility index (Phi) is 7.98. The van der Waals surface area contributed by atoms with Crippen LogP contribution in [0, 0.1) is 6.92 Å². The standard InChI is InChI=1S/C28H33ClN4O4/c1-18-26(37-17-31-18)16-36-25-9-8-20-14-33(11-10-24(20)27(25)29)15-23(34)13-30-28(35)19-4-2-7-22(12-19)32-21-5-3-6-21/h2,4,7-9,12,17,21,23,32,34H,3,5-6,10-11,13-16H2,1H3,(H,30,35). The number of hydrogen-bond acceptors (Lipinski definition) is 7. The first-order valence-corrected chi connectivity index (χ1v) is 13.2. The van der Waals surface area contributed by atoms with E-state index < -0.39 is 6.10 Å². The van der Waals surface area contributed by atoms with Gasteiger partial charge in [0.2, 0.25) is 0 Å². The van der Waals surface area contributed by atoms with Crippen molar-refractivity contribution in [3.8, 4) is 5.75 Å². The number of halogens is 1. The zero-order chi connectivity index (χ0) is 25.8. The van der Waals surface area contributed by atoms with E-state index in [2.05, 4.69) is 20.5 Å². The number of aryl methyl sites for hydroxylation is 1. The van der Waals surface area contributed by atoms with Crippen LogP contribution >= 0.6 is 11.6 Å². The van der Waals surface area contributed by atoms with E-state index in [9.17, 15) is 9.90 Å². The Hall–Kier alpha value is -3.07. The molecule has 0 saturated heterocycles. The van der Waals surface area contributed by atoms with Gasteiger partial charge in [-0.05, 0) is 68.0 Å². The number of rotatable bonds is 10. The number of carbonyl (C=O) groups is 1. The van der Waals surface area contributed by atoms with Crippen LogP contribution < -0.4 is 15.4 Å². The molecule has 37 heavy (non-hydrogen) atoms. The maximum atomic E-state index is 12.6. The van der Waals surface area contributed by atoms with Crippen LogP contribution in [0.1, 0.15) is 52.2 Å². The zero-order valence-electron chi connectivity index (χ0n) is 21.0. The molecule has 1 aromatic heterocycles. The number of ether oxygens (including phenoxy) is 1. The number of fused-ring (bicyclic) bond motifs is 1. The van der Waals surface area contributed by atoms with E-state index in [1.165, 1.54) is 25.7 Å². The van der Waals surface area contributed by atoms with Crippen LogP contribution in [-0.2, 0) is 19.6 Å². The number of carbonyl (C=O) groups excluding carboxylic acids is 1. The highest BCUT2D eigenvalue weighted by molar-refractivity contribution is 6.33. The second-order valence-corrected chi connectivity index (χ2v) is 10.2. The van der Waals surface area contributed by atoms with E-state index >= 15 is 0 Å². The molecule has 1 aliphatic carbocycles. The number of aliphatic hydroxyl groups excluding tert-OH is 1. The normalized spacial score (nSPS) is 16.5. The number of benzene rings is 2. The maximum absolute atomic E-state index is 12.6. The molecule has 2 aliphatic rings. The fourth-order valence-corrected chi connectivity index (χ4v) is 5.07. The lowest BCUT2D eigenvalue weighted by Gasteiger charge is -2.31. The van der Waals surface area contributed by atoms with Gasteiger partial charge in [-0.2, -0.15) is 0 Å². The fraction of sp³-hybridized carbons (Fsp3) is 0.429. The van der Waals surface area contributed by atoms with Gasteiger partial charge in [-0.1, -0.05) is 23.7 Å². The molecule has 0 spiro atoms. The van der Waals surface area contributed by atoms with Crippen molar-refractivity contribution in [2.75, 3.05) is 25.0 Å². The molecule has 2 heterocycles. The largest absolute Gasteiger partial charge is 0.484 e. The summed E-state index contributed by atoms with van der Waals surface area (Å²) in [4.78, 5) is 18.9. The molecule has 0 radical (unpaired) electrons. The van der Waals surface area contributed by atoms with E-state index in [4.69, 9.17) is 20.8 Å².